The summed E-state index contributed by atoms with van der Waals surface area (Å²) in [5.41, 5.74) is 6.11. The molecule has 3 heterocycles. The van der Waals surface area contributed by atoms with Gasteiger partial charge in [0.05, 0.1) is 41.0 Å². The van der Waals surface area contributed by atoms with Crippen LogP contribution in [0.3, 0.4) is 0 Å². The maximum atomic E-state index is 13.7. The van der Waals surface area contributed by atoms with Crippen molar-refractivity contribution >= 4 is 40.7 Å². The predicted octanol–water partition coefficient (Wildman–Crippen LogP) is 7.73. The lowest BCUT2D eigenvalue weighted by Gasteiger charge is -2.46. The molecule has 214 valence electrons. The summed E-state index contributed by atoms with van der Waals surface area (Å²) in [5, 5.41) is 17.9. The van der Waals surface area contributed by atoms with E-state index in [0.717, 1.165) is 59.3 Å². The number of halogens is 1. The molecule has 3 aliphatic rings. The lowest BCUT2D eigenvalue weighted by atomic mass is 9.92. The molecule has 1 fully saturated rings. The predicted molar refractivity (Wildman–Crippen MR) is 173 cm³/mol. The van der Waals surface area contributed by atoms with Crippen LogP contribution in [0.1, 0.15) is 64.5 Å². The molecular weight excluding hydrogens is 543 g/mol. The molecule has 0 radical (unpaired) electrons. The fourth-order valence-corrected chi connectivity index (χ4v) is 6.16. The van der Waals surface area contributed by atoms with Crippen LogP contribution < -0.4 is 4.90 Å². The van der Waals surface area contributed by atoms with Gasteiger partial charge in [-0.05, 0) is 87.1 Å². The minimum absolute atomic E-state index is 0.107. The molecule has 3 aliphatic heterocycles. The van der Waals surface area contributed by atoms with Crippen LogP contribution in [0.15, 0.2) is 93.3 Å². The van der Waals surface area contributed by atoms with Gasteiger partial charge in [-0.2, -0.15) is 5.26 Å². The molecule has 1 N–H and O–H groups in total. The first-order valence-corrected chi connectivity index (χ1v) is 14.9. The van der Waals surface area contributed by atoms with Gasteiger partial charge in [0.1, 0.15) is 11.7 Å². The maximum Gasteiger partial charge on any atom is 0.158 e. The number of anilines is 1. The zero-order valence-corrected chi connectivity index (χ0v) is 25.3. The van der Waals surface area contributed by atoms with Gasteiger partial charge in [0.25, 0.3) is 0 Å². The van der Waals surface area contributed by atoms with E-state index in [9.17, 15) is 9.65 Å². The van der Waals surface area contributed by atoms with Gasteiger partial charge in [-0.15, -0.1) is 0 Å². The molecule has 0 aliphatic carbocycles. The molecular formula is C34H35FN6S. The number of aliphatic imine (C=N–C) groups is 2. The van der Waals surface area contributed by atoms with E-state index < -0.39 is 5.92 Å². The van der Waals surface area contributed by atoms with E-state index in [4.69, 9.17) is 27.6 Å². The molecule has 2 aromatic rings. The highest BCUT2D eigenvalue weighted by molar-refractivity contribution is 7.81. The number of rotatable bonds is 7. The Balaban J connectivity index is 1.74. The number of fused-ring (bicyclic) bond motifs is 3. The lowest BCUT2D eigenvalue weighted by molar-refractivity contribution is 0.576. The minimum atomic E-state index is -0.556. The van der Waals surface area contributed by atoms with Gasteiger partial charge in [-0.3, -0.25) is 9.89 Å². The third-order valence-corrected chi connectivity index (χ3v) is 8.58. The van der Waals surface area contributed by atoms with Crippen molar-refractivity contribution in [1.29, 1.82) is 10.7 Å². The van der Waals surface area contributed by atoms with E-state index in [-0.39, 0.29) is 17.9 Å². The second-order valence-corrected chi connectivity index (χ2v) is 11.2. The van der Waals surface area contributed by atoms with Crippen molar-refractivity contribution in [2.75, 3.05) is 4.90 Å². The quantitative estimate of drug-likeness (QED) is 0.207. The number of nitrogens with zero attached hydrogens (tertiary/aromatic N) is 5. The molecule has 8 heteroatoms. The number of amidine groups is 2. The summed E-state index contributed by atoms with van der Waals surface area (Å²) in [6.07, 6.45) is 8.84. The molecule has 0 amide bonds. The number of nitrogens with one attached hydrogen (secondary N) is 1. The topological polar surface area (TPSA) is 78.8 Å². The number of allylic oxidation sites excluding steroid dienone is 4. The fraction of sp³-hybridized carbons (Fsp3) is 0.324. The van der Waals surface area contributed by atoms with Crippen LogP contribution in [0, 0.1) is 28.5 Å². The van der Waals surface area contributed by atoms with Gasteiger partial charge in [0, 0.05) is 22.5 Å². The Hall–Kier alpha value is -4.22. The van der Waals surface area contributed by atoms with Gasteiger partial charge in [0.15, 0.2) is 5.84 Å². The van der Waals surface area contributed by atoms with Gasteiger partial charge in [-0.25, -0.2) is 9.38 Å². The minimum Gasteiger partial charge on any atom is -0.314 e. The SMILES string of the molecule is CCC1=C(C(C=N)C(=S)c2ccc(F)cc2)N=C2C(=CC1)N1C(C)=CCC(C)N=C1C(CC)N2c1ccc(C#N)cc1. The number of hydrogen-bond donors (Lipinski definition) is 1. The van der Waals surface area contributed by atoms with Crippen LogP contribution in [-0.2, 0) is 0 Å². The summed E-state index contributed by atoms with van der Waals surface area (Å²) in [6, 6.07) is 16.0. The average molecular weight is 579 g/mol. The van der Waals surface area contributed by atoms with Crippen molar-refractivity contribution in [3.05, 3.63) is 100 Å². The Labute approximate surface area is 252 Å². The van der Waals surface area contributed by atoms with Crippen LogP contribution in [0.5, 0.6) is 0 Å². The Morgan fingerprint density at radius 2 is 1.88 bits per heavy atom. The monoisotopic (exact) mass is 578 g/mol. The first kappa shape index (κ1) is 29.3. The Morgan fingerprint density at radius 1 is 1.17 bits per heavy atom. The highest BCUT2D eigenvalue weighted by Crippen LogP contribution is 2.38. The van der Waals surface area contributed by atoms with Crippen LogP contribution in [0.4, 0.5) is 10.1 Å². The number of benzene rings is 2. The van der Waals surface area contributed by atoms with Crippen LogP contribution in [0.2, 0.25) is 0 Å². The highest BCUT2D eigenvalue weighted by Gasteiger charge is 2.42. The summed E-state index contributed by atoms with van der Waals surface area (Å²) in [5.74, 6) is 0.862. The second-order valence-electron chi connectivity index (χ2n) is 10.8. The van der Waals surface area contributed by atoms with E-state index in [1.807, 2.05) is 24.3 Å². The highest BCUT2D eigenvalue weighted by atomic mass is 32.1. The zero-order valence-electron chi connectivity index (χ0n) is 24.4. The van der Waals surface area contributed by atoms with Gasteiger partial charge >= 0.3 is 0 Å². The fourth-order valence-electron chi connectivity index (χ4n) is 5.85. The molecule has 2 aromatic carbocycles. The van der Waals surface area contributed by atoms with Crippen LogP contribution in [0.25, 0.3) is 0 Å². The molecule has 0 saturated carbocycles. The molecule has 1 saturated heterocycles. The van der Waals surface area contributed by atoms with Crippen molar-refractivity contribution in [2.45, 2.75) is 65.5 Å². The maximum absolute atomic E-state index is 13.7. The Bertz CT molecular complexity index is 1590. The Kier molecular flexibility index (Phi) is 8.60. The zero-order chi connectivity index (χ0) is 30.0. The summed E-state index contributed by atoms with van der Waals surface area (Å²) < 4.78 is 13.7. The van der Waals surface area contributed by atoms with Crippen LogP contribution in [-0.4, -0.2) is 39.7 Å². The van der Waals surface area contributed by atoms with Crippen molar-refractivity contribution < 1.29 is 4.39 Å². The van der Waals surface area contributed by atoms with Crippen molar-refractivity contribution in [3.8, 4) is 6.07 Å². The molecule has 3 unspecified atom stereocenters. The number of thiocarbonyl (C=S) groups is 1. The molecule has 0 spiro atoms. The van der Waals surface area contributed by atoms with E-state index in [1.54, 1.807) is 12.1 Å². The largest absolute Gasteiger partial charge is 0.314 e. The normalized spacial score (nSPS) is 21.0. The first-order valence-electron chi connectivity index (χ1n) is 14.5. The molecule has 42 heavy (non-hydrogen) atoms. The lowest BCUT2D eigenvalue weighted by Crippen LogP contribution is -2.58. The van der Waals surface area contributed by atoms with Gasteiger partial charge < -0.3 is 10.3 Å². The van der Waals surface area contributed by atoms with E-state index in [0.29, 0.717) is 22.4 Å². The third kappa shape index (κ3) is 5.37. The molecule has 0 aromatic heterocycles. The van der Waals surface area contributed by atoms with E-state index in [2.05, 4.69) is 55.7 Å². The van der Waals surface area contributed by atoms with Crippen molar-refractivity contribution in [1.82, 2.24) is 4.90 Å². The number of piperazine rings is 1. The van der Waals surface area contributed by atoms with E-state index in [1.165, 1.54) is 18.3 Å². The smallest absolute Gasteiger partial charge is 0.158 e. The number of nitriles is 1. The third-order valence-electron chi connectivity index (χ3n) is 8.09. The average Bonchev–Trinajstić information content (AvgIpc) is 3.28. The van der Waals surface area contributed by atoms with Crippen molar-refractivity contribution in [2.24, 2.45) is 15.9 Å². The van der Waals surface area contributed by atoms with Crippen LogP contribution >= 0.6 is 12.2 Å². The Morgan fingerprint density at radius 3 is 2.50 bits per heavy atom. The molecule has 5 rings (SSSR count). The summed E-state index contributed by atoms with van der Waals surface area (Å²) >= 11 is 5.92. The summed E-state index contributed by atoms with van der Waals surface area (Å²) in [6.45, 7) is 8.52. The standard InChI is InChI=1S/C34H35FN6S/c1-5-24-13-18-30-34(39-31(24)28(20-37)32(42)25-11-14-26(35)15-12-25)41(27-16-9-23(19-36)10-17-27)29(6-2)33-38-21(3)7-8-22(4)40(30)33/h8-12,14-18,20-21,28-29,37H,5-7,13H2,1-4H3. The molecule has 6 nitrogen and oxygen atoms in total. The summed E-state index contributed by atoms with van der Waals surface area (Å²) in [7, 11) is 0. The first-order chi connectivity index (χ1) is 20.3. The second kappa shape index (κ2) is 12.3. The van der Waals surface area contributed by atoms with Crippen molar-refractivity contribution in [3.63, 3.8) is 0 Å². The van der Waals surface area contributed by atoms with Gasteiger partial charge in [0.2, 0.25) is 0 Å². The molecule has 3 atom stereocenters. The van der Waals surface area contributed by atoms with E-state index >= 15 is 0 Å². The summed E-state index contributed by atoms with van der Waals surface area (Å²) in [4.78, 5) is 15.6. The number of hydrogen-bond acceptors (Lipinski definition) is 7. The van der Waals surface area contributed by atoms with Gasteiger partial charge in [-0.1, -0.05) is 50.4 Å². The molecule has 0 bridgehead atoms.